The number of carbonyl (C=O) groups is 1. The molecular weight excluding hydrogens is 244 g/mol. The lowest BCUT2D eigenvalue weighted by atomic mass is 10.2. The van der Waals surface area contributed by atoms with Gasteiger partial charge in [0, 0.05) is 12.1 Å². The van der Waals surface area contributed by atoms with Crippen LogP contribution in [0.2, 0.25) is 0 Å². The Hall–Kier alpha value is -2.28. The first-order valence-electron chi connectivity index (χ1n) is 6.07. The fourth-order valence-electron chi connectivity index (χ4n) is 1.64. The smallest absolute Gasteiger partial charge is 0.251 e. The Balaban J connectivity index is 2.00. The lowest BCUT2D eigenvalue weighted by molar-refractivity contribution is 0.0953. The number of hydrogen-bond donors (Lipinski definition) is 2. The Kier molecular flexibility index (Phi) is 4.57. The topological polar surface area (TPSA) is 84.7 Å². The third kappa shape index (κ3) is 3.59. The van der Waals surface area contributed by atoms with Gasteiger partial charge in [0.1, 0.15) is 6.33 Å². The minimum absolute atomic E-state index is 0.0916. The maximum atomic E-state index is 11.9. The van der Waals surface area contributed by atoms with Gasteiger partial charge in [-0.1, -0.05) is 6.07 Å². The summed E-state index contributed by atoms with van der Waals surface area (Å²) in [4.78, 5) is 11.9. The van der Waals surface area contributed by atoms with Crippen LogP contribution in [0.1, 0.15) is 16.8 Å². The summed E-state index contributed by atoms with van der Waals surface area (Å²) in [6.45, 7) is 1.53. The molecule has 0 saturated heterocycles. The van der Waals surface area contributed by atoms with E-state index in [0.29, 0.717) is 12.1 Å². The molecule has 0 atom stereocenters. The summed E-state index contributed by atoms with van der Waals surface area (Å²) in [5, 5.41) is 16.8. The Morgan fingerprint density at radius 2 is 2.26 bits per heavy atom. The fourth-order valence-corrected chi connectivity index (χ4v) is 1.64. The van der Waals surface area contributed by atoms with E-state index in [9.17, 15) is 4.79 Å². The molecule has 100 valence electrons. The van der Waals surface area contributed by atoms with Crippen molar-refractivity contribution in [2.45, 2.75) is 6.42 Å². The molecule has 1 heterocycles. The molecule has 2 N–H and O–H groups in total. The Morgan fingerprint density at radius 1 is 1.37 bits per heavy atom. The van der Waals surface area contributed by atoms with Gasteiger partial charge in [-0.2, -0.15) is 0 Å². The highest BCUT2D eigenvalue weighted by Gasteiger charge is 2.06. The molecule has 0 spiro atoms. The lowest BCUT2D eigenvalue weighted by Gasteiger charge is -2.06. The van der Waals surface area contributed by atoms with Crippen LogP contribution in [0.15, 0.2) is 30.6 Å². The van der Waals surface area contributed by atoms with Crippen molar-refractivity contribution in [3.63, 3.8) is 0 Å². The number of rotatable bonds is 6. The SMILES string of the molecule is CNCCCNC(=O)c1cccc(-n2cnnn2)c1. The van der Waals surface area contributed by atoms with Crippen LogP contribution < -0.4 is 10.6 Å². The molecule has 0 saturated carbocycles. The minimum Gasteiger partial charge on any atom is -0.352 e. The summed E-state index contributed by atoms with van der Waals surface area (Å²) in [5.74, 6) is -0.0916. The summed E-state index contributed by atoms with van der Waals surface area (Å²) >= 11 is 0. The molecule has 0 unspecified atom stereocenters. The third-order valence-electron chi connectivity index (χ3n) is 2.61. The van der Waals surface area contributed by atoms with Crippen molar-refractivity contribution in [2.75, 3.05) is 20.1 Å². The normalized spacial score (nSPS) is 10.4. The van der Waals surface area contributed by atoms with Crippen molar-refractivity contribution >= 4 is 5.91 Å². The van der Waals surface area contributed by atoms with Gasteiger partial charge in [-0.25, -0.2) is 4.68 Å². The zero-order valence-electron chi connectivity index (χ0n) is 10.7. The van der Waals surface area contributed by atoms with Gasteiger partial charge in [-0.05, 0) is 48.6 Å². The predicted octanol–water partition coefficient (Wildman–Crippen LogP) is 0.00160. The van der Waals surface area contributed by atoms with E-state index in [-0.39, 0.29) is 5.91 Å². The van der Waals surface area contributed by atoms with Crippen LogP contribution in [0.25, 0.3) is 5.69 Å². The molecule has 0 radical (unpaired) electrons. The summed E-state index contributed by atoms with van der Waals surface area (Å²) < 4.78 is 1.51. The first-order valence-corrected chi connectivity index (χ1v) is 6.07. The highest BCUT2D eigenvalue weighted by atomic mass is 16.1. The van der Waals surface area contributed by atoms with Crippen LogP contribution in [0.4, 0.5) is 0 Å². The van der Waals surface area contributed by atoms with Crippen molar-refractivity contribution in [3.05, 3.63) is 36.2 Å². The largest absolute Gasteiger partial charge is 0.352 e. The summed E-state index contributed by atoms with van der Waals surface area (Å²) in [5.41, 5.74) is 1.35. The van der Waals surface area contributed by atoms with Crippen LogP contribution in [-0.2, 0) is 0 Å². The van der Waals surface area contributed by atoms with Crippen LogP contribution >= 0.6 is 0 Å². The van der Waals surface area contributed by atoms with Gasteiger partial charge < -0.3 is 10.6 Å². The van der Waals surface area contributed by atoms with Gasteiger partial charge in [-0.15, -0.1) is 5.10 Å². The maximum Gasteiger partial charge on any atom is 0.251 e. The molecule has 1 aromatic carbocycles. The van der Waals surface area contributed by atoms with Crippen LogP contribution in [0.5, 0.6) is 0 Å². The second-order valence-electron chi connectivity index (χ2n) is 4.02. The monoisotopic (exact) mass is 260 g/mol. The molecule has 2 aromatic rings. The number of nitrogens with zero attached hydrogens (tertiary/aromatic N) is 4. The number of carbonyl (C=O) groups excluding carboxylic acids is 1. The Morgan fingerprint density at radius 3 is 3.00 bits per heavy atom. The summed E-state index contributed by atoms with van der Waals surface area (Å²) in [6.07, 6.45) is 2.39. The highest BCUT2D eigenvalue weighted by molar-refractivity contribution is 5.94. The molecule has 1 amide bonds. The minimum atomic E-state index is -0.0916. The molecule has 0 bridgehead atoms. The Labute approximate surface area is 111 Å². The second-order valence-corrected chi connectivity index (χ2v) is 4.02. The average Bonchev–Trinajstić information content (AvgIpc) is 2.98. The first kappa shape index (κ1) is 13.2. The molecule has 0 fully saturated rings. The van der Waals surface area contributed by atoms with Crippen molar-refractivity contribution in [3.8, 4) is 5.69 Å². The van der Waals surface area contributed by atoms with E-state index in [1.807, 2.05) is 13.1 Å². The zero-order valence-corrected chi connectivity index (χ0v) is 10.7. The molecule has 0 aliphatic heterocycles. The molecule has 19 heavy (non-hydrogen) atoms. The summed E-state index contributed by atoms with van der Waals surface area (Å²) in [6, 6.07) is 7.17. The number of aromatic nitrogens is 4. The van der Waals surface area contributed by atoms with Crippen molar-refractivity contribution in [1.82, 2.24) is 30.8 Å². The van der Waals surface area contributed by atoms with E-state index in [2.05, 4.69) is 26.2 Å². The number of benzene rings is 1. The van der Waals surface area contributed by atoms with Gasteiger partial charge in [0.2, 0.25) is 0 Å². The number of hydrogen-bond acceptors (Lipinski definition) is 5. The number of amides is 1. The number of nitrogens with one attached hydrogen (secondary N) is 2. The van der Waals surface area contributed by atoms with Gasteiger partial charge >= 0.3 is 0 Å². The van der Waals surface area contributed by atoms with Gasteiger partial charge in [0.25, 0.3) is 5.91 Å². The fraction of sp³-hybridized carbons (Fsp3) is 0.333. The lowest BCUT2D eigenvalue weighted by Crippen LogP contribution is -2.26. The average molecular weight is 260 g/mol. The van der Waals surface area contributed by atoms with Crippen molar-refractivity contribution < 1.29 is 4.79 Å². The van der Waals surface area contributed by atoms with Gasteiger partial charge in [-0.3, -0.25) is 4.79 Å². The van der Waals surface area contributed by atoms with Crippen LogP contribution in [0, 0.1) is 0 Å². The Bertz CT molecular complexity index is 525. The van der Waals surface area contributed by atoms with E-state index in [1.54, 1.807) is 18.2 Å². The van der Waals surface area contributed by atoms with Gasteiger partial charge in [0.15, 0.2) is 0 Å². The van der Waals surface area contributed by atoms with Crippen molar-refractivity contribution in [1.29, 1.82) is 0 Å². The zero-order chi connectivity index (χ0) is 13.5. The third-order valence-corrected chi connectivity index (χ3v) is 2.61. The van der Waals surface area contributed by atoms with E-state index >= 15 is 0 Å². The molecule has 0 aliphatic rings. The number of tetrazole rings is 1. The molecule has 0 aliphatic carbocycles. The highest BCUT2D eigenvalue weighted by Crippen LogP contribution is 2.08. The van der Waals surface area contributed by atoms with Gasteiger partial charge in [0.05, 0.1) is 5.69 Å². The molecule has 7 heteroatoms. The standard InChI is InChI=1S/C12H16N6O/c1-13-6-3-7-14-12(19)10-4-2-5-11(8-10)18-9-15-16-17-18/h2,4-5,8-9,13H,3,6-7H2,1H3,(H,14,19). The second kappa shape index (κ2) is 6.60. The molecular formula is C12H16N6O. The predicted molar refractivity (Wildman–Crippen MR) is 70.0 cm³/mol. The van der Waals surface area contributed by atoms with E-state index in [0.717, 1.165) is 18.7 Å². The quantitative estimate of drug-likeness (QED) is 0.714. The van der Waals surface area contributed by atoms with Crippen LogP contribution in [0.3, 0.4) is 0 Å². The molecule has 1 aromatic heterocycles. The maximum absolute atomic E-state index is 11.9. The molecule has 2 rings (SSSR count). The van der Waals surface area contributed by atoms with Crippen molar-refractivity contribution in [2.24, 2.45) is 0 Å². The van der Waals surface area contributed by atoms with E-state index in [1.165, 1.54) is 11.0 Å². The summed E-state index contributed by atoms with van der Waals surface area (Å²) in [7, 11) is 1.89. The van der Waals surface area contributed by atoms with Crippen LogP contribution in [-0.4, -0.2) is 46.3 Å². The molecule has 7 nitrogen and oxygen atoms in total. The van der Waals surface area contributed by atoms with E-state index in [4.69, 9.17) is 0 Å². The van der Waals surface area contributed by atoms with E-state index < -0.39 is 0 Å². The first-order chi connectivity index (χ1) is 9.31.